The first-order valence-corrected chi connectivity index (χ1v) is 9.64. The maximum absolute atomic E-state index is 10.3. The Bertz CT molecular complexity index is 857. The lowest BCUT2D eigenvalue weighted by Crippen LogP contribution is -2.44. The molecule has 1 aliphatic rings. The normalized spacial score (nSPS) is 26.3. The zero-order chi connectivity index (χ0) is 18.1. The van der Waals surface area contributed by atoms with Crippen LogP contribution in [0.2, 0.25) is 0 Å². The first-order valence-electron chi connectivity index (χ1n) is 8.83. The van der Waals surface area contributed by atoms with Crippen molar-refractivity contribution in [2.45, 2.75) is 37.3 Å². The van der Waals surface area contributed by atoms with Gasteiger partial charge < -0.3 is 20.1 Å². The van der Waals surface area contributed by atoms with Crippen LogP contribution < -0.4 is 0 Å². The number of hydrogen-bond acceptors (Lipinski definition) is 5. The first kappa shape index (κ1) is 17.6. The van der Waals surface area contributed by atoms with Gasteiger partial charge in [0.25, 0.3) is 0 Å². The van der Waals surface area contributed by atoms with Crippen molar-refractivity contribution in [2.75, 3.05) is 6.61 Å². The lowest BCUT2D eigenvalue weighted by atomic mass is 9.92. The molecule has 4 rings (SSSR count). The van der Waals surface area contributed by atoms with Crippen LogP contribution in [0.25, 0.3) is 10.1 Å². The number of aliphatic hydroxyl groups is 3. The van der Waals surface area contributed by atoms with Crippen molar-refractivity contribution in [3.8, 4) is 0 Å². The van der Waals surface area contributed by atoms with Gasteiger partial charge in [0.1, 0.15) is 12.2 Å². The number of ether oxygens (including phenoxy) is 1. The zero-order valence-electron chi connectivity index (χ0n) is 14.3. The van der Waals surface area contributed by atoms with E-state index in [1.165, 1.54) is 15.0 Å². The number of thiophene rings is 1. The quantitative estimate of drug-likeness (QED) is 0.660. The summed E-state index contributed by atoms with van der Waals surface area (Å²) in [5.74, 6) is 0. The summed E-state index contributed by atoms with van der Waals surface area (Å²) >= 11 is 1.78. The Kier molecular flexibility index (Phi) is 5.07. The largest absolute Gasteiger partial charge is 0.394 e. The van der Waals surface area contributed by atoms with Gasteiger partial charge in [0, 0.05) is 22.4 Å². The van der Waals surface area contributed by atoms with E-state index >= 15 is 0 Å². The summed E-state index contributed by atoms with van der Waals surface area (Å²) in [6.45, 7) is -0.165. The zero-order valence-corrected chi connectivity index (χ0v) is 15.1. The molecular weight excluding hydrogens is 348 g/mol. The Labute approximate surface area is 156 Å². The third kappa shape index (κ3) is 3.54. The molecule has 1 saturated heterocycles. The first-order chi connectivity index (χ1) is 12.6. The molecule has 3 aromatic rings. The van der Waals surface area contributed by atoms with E-state index in [0.29, 0.717) is 0 Å². The molecule has 0 aliphatic carbocycles. The van der Waals surface area contributed by atoms with Gasteiger partial charge in [0.15, 0.2) is 0 Å². The van der Waals surface area contributed by atoms with E-state index < -0.39 is 24.4 Å². The van der Waals surface area contributed by atoms with Gasteiger partial charge in [0.05, 0.1) is 18.8 Å². The third-order valence-electron chi connectivity index (χ3n) is 4.89. The van der Waals surface area contributed by atoms with E-state index in [4.69, 9.17) is 4.74 Å². The maximum Gasteiger partial charge on any atom is 0.111 e. The van der Waals surface area contributed by atoms with Gasteiger partial charge in [-0.1, -0.05) is 42.5 Å². The van der Waals surface area contributed by atoms with Crippen LogP contribution in [0.1, 0.15) is 28.5 Å². The Morgan fingerprint density at radius 2 is 1.88 bits per heavy atom. The van der Waals surface area contributed by atoms with Crippen molar-refractivity contribution < 1.29 is 20.1 Å². The van der Waals surface area contributed by atoms with Crippen molar-refractivity contribution in [1.29, 1.82) is 0 Å². The van der Waals surface area contributed by atoms with E-state index in [1.54, 1.807) is 11.3 Å². The van der Waals surface area contributed by atoms with E-state index in [2.05, 4.69) is 24.3 Å². The highest BCUT2D eigenvalue weighted by atomic mass is 32.1. The lowest BCUT2D eigenvalue weighted by Gasteiger charge is -2.37. The predicted octanol–water partition coefficient (Wildman–Crippen LogP) is 3.04. The average molecular weight is 370 g/mol. The molecule has 2 aromatic carbocycles. The van der Waals surface area contributed by atoms with Gasteiger partial charge in [-0.15, -0.1) is 11.3 Å². The van der Waals surface area contributed by atoms with E-state index in [-0.39, 0.29) is 13.0 Å². The summed E-state index contributed by atoms with van der Waals surface area (Å²) in [7, 11) is 0. The second kappa shape index (κ2) is 7.47. The molecule has 3 N–H and O–H groups in total. The lowest BCUT2D eigenvalue weighted by molar-refractivity contribution is -0.179. The Balaban J connectivity index is 1.57. The van der Waals surface area contributed by atoms with Crippen molar-refractivity contribution in [1.82, 2.24) is 0 Å². The summed E-state index contributed by atoms with van der Waals surface area (Å²) in [6, 6.07) is 18.5. The molecule has 5 heteroatoms. The van der Waals surface area contributed by atoms with Crippen molar-refractivity contribution in [2.24, 2.45) is 0 Å². The molecule has 1 unspecified atom stereocenters. The minimum atomic E-state index is -0.989. The predicted molar refractivity (Wildman–Crippen MR) is 102 cm³/mol. The number of rotatable bonds is 4. The highest BCUT2D eigenvalue weighted by molar-refractivity contribution is 7.19. The molecule has 0 amide bonds. The smallest absolute Gasteiger partial charge is 0.111 e. The van der Waals surface area contributed by atoms with Gasteiger partial charge in [-0.2, -0.15) is 0 Å². The second-order valence-corrected chi connectivity index (χ2v) is 8.00. The summed E-state index contributed by atoms with van der Waals surface area (Å²) in [4.78, 5) is 1.28. The average Bonchev–Trinajstić information content (AvgIpc) is 3.06. The van der Waals surface area contributed by atoms with Gasteiger partial charge >= 0.3 is 0 Å². The highest BCUT2D eigenvalue weighted by Crippen LogP contribution is 2.33. The van der Waals surface area contributed by atoms with Crippen LogP contribution in [0.3, 0.4) is 0 Å². The molecule has 0 bridgehead atoms. The molecule has 4 nitrogen and oxygen atoms in total. The SMILES string of the molecule is OC[C@@H]1C[C@H](O)[C@@H](O)C(c2cccc(Cc3cc4ccccc4s3)c2)O1. The molecule has 2 heterocycles. The van der Waals surface area contributed by atoms with Crippen LogP contribution in [-0.2, 0) is 11.2 Å². The molecule has 26 heavy (non-hydrogen) atoms. The summed E-state index contributed by atoms with van der Waals surface area (Å²) in [5.41, 5.74) is 1.96. The topological polar surface area (TPSA) is 69.9 Å². The van der Waals surface area contributed by atoms with Gasteiger partial charge in [0.2, 0.25) is 0 Å². The molecule has 0 spiro atoms. The number of hydrogen-bond donors (Lipinski definition) is 3. The van der Waals surface area contributed by atoms with E-state index in [9.17, 15) is 15.3 Å². The summed E-state index contributed by atoms with van der Waals surface area (Å²) in [5, 5.41) is 31.0. The van der Waals surface area contributed by atoms with E-state index in [0.717, 1.165) is 17.5 Å². The molecule has 1 aliphatic heterocycles. The van der Waals surface area contributed by atoms with Gasteiger partial charge in [-0.05, 0) is 28.6 Å². The standard InChI is InChI=1S/C21H22O4S/c22-12-16-11-18(23)20(24)21(25-16)15-6-3-4-13(8-15)9-17-10-14-5-1-2-7-19(14)26-17/h1-8,10,16,18,20-24H,9,11-12H2/t16-,18-,20+,21?/m0/s1. The number of aliphatic hydroxyl groups excluding tert-OH is 3. The molecule has 1 fully saturated rings. The fourth-order valence-electron chi connectivity index (χ4n) is 3.55. The second-order valence-electron chi connectivity index (χ2n) is 6.83. The monoisotopic (exact) mass is 370 g/mol. The fraction of sp³-hybridized carbons (Fsp3) is 0.333. The molecule has 136 valence electrons. The van der Waals surface area contributed by atoms with Crippen LogP contribution in [0.4, 0.5) is 0 Å². The van der Waals surface area contributed by atoms with Crippen LogP contribution in [0.15, 0.2) is 54.6 Å². The Hall–Kier alpha value is -1.76. The van der Waals surface area contributed by atoms with Crippen LogP contribution in [0.5, 0.6) is 0 Å². The fourth-order valence-corrected chi connectivity index (χ4v) is 4.65. The maximum atomic E-state index is 10.3. The Morgan fingerprint density at radius 1 is 1.04 bits per heavy atom. The van der Waals surface area contributed by atoms with E-state index in [1.807, 2.05) is 30.3 Å². The van der Waals surface area contributed by atoms with Crippen molar-refractivity contribution in [3.05, 3.63) is 70.6 Å². The van der Waals surface area contributed by atoms with Gasteiger partial charge in [-0.25, -0.2) is 0 Å². The van der Waals surface area contributed by atoms with Crippen LogP contribution >= 0.6 is 11.3 Å². The summed E-state index contributed by atoms with van der Waals surface area (Å²) in [6.07, 6.45) is -1.91. The van der Waals surface area contributed by atoms with Crippen LogP contribution in [0, 0.1) is 0 Å². The van der Waals surface area contributed by atoms with Crippen molar-refractivity contribution in [3.63, 3.8) is 0 Å². The third-order valence-corrected chi connectivity index (χ3v) is 6.00. The van der Waals surface area contributed by atoms with Crippen molar-refractivity contribution >= 4 is 21.4 Å². The molecule has 4 atom stereocenters. The summed E-state index contributed by atoms with van der Waals surface area (Å²) < 4.78 is 7.08. The Morgan fingerprint density at radius 3 is 2.69 bits per heavy atom. The highest BCUT2D eigenvalue weighted by Gasteiger charge is 2.37. The minimum Gasteiger partial charge on any atom is -0.394 e. The molecule has 1 aromatic heterocycles. The molecular formula is C21H22O4S. The molecule has 0 radical (unpaired) electrons. The number of fused-ring (bicyclic) bond motifs is 1. The van der Waals surface area contributed by atoms with Crippen LogP contribution in [-0.4, -0.2) is 40.2 Å². The molecule has 0 saturated carbocycles. The van der Waals surface area contributed by atoms with Gasteiger partial charge in [-0.3, -0.25) is 0 Å². The number of benzene rings is 2. The minimum absolute atomic E-state index is 0.165.